The smallest absolute Gasteiger partial charge is 0.349 e. The Hall–Kier alpha value is -2.63. The second-order valence-corrected chi connectivity index (χ2v) is 8.62. The summed E-state index contributed by atoms with van der Waals surface area (Å²) in [7, 11) is 0. The van der Waals surface area contributed by atoms with Gasteiger partial charge < -0.3 is 10.3 Å². The Morgan fingerprint density at radius 2 is 1.94 bits per heavy atom. The van der Waals surface area contributed by atoms with Crippen LogP contribution < -0.4 is 5.32 Å². The van der Waals surface area contributed by atoms with Gasteiger partial charge in [-0.2, -0.15) is 18.4 Å². The van der Waals surface area contributed by atoms with Gasteiger partial charge in [-0.05, 0) is 43.7 Å². The molecule has 2 N–H and O–H groups in total. The minimum absolute atomic E-state index is 0.109. The second-order valence-electron chi connectivity index (χ2n) is 8.62. The summed E-state index contributed by atoms with van der Waals surface area (Å²) in [6.45, 7) is 0. The lowest BCUT2D eigenvalue weighted by Crippen LogP contribution is -2.41. The molecule has 2 aliphatic carbocycles. The van der Waals surface area contributed by atoms with Gasteiger partial charge in [0.2, 0.25) is 5.91 Å². The first-order chi connectivity index (χ1) is 14.7. The number of nitrogens with one attached hydrogen (secondary N) is 2. The zero-order valence-electron chi connectivity index (χ0n) is 17.1. The second kappa shape index (κ2) is 9.67. The molecule has 0 spiro atoms. The molecular weight excluding hydrogens is 411 g/mol. The van der Waals surface area contributed by atoms with Crippen LogP contribution in [-0.4, -0.2) is 28.5 Å². The van der Waals surface area contributed by atoms with Crippen LogP contribution in [0.25, 0.3) is 0 Å². The van der Waals surface area contributed by atoms with Gasteiger partial charge in [-0.1, -0.05) is 19.3 Å². The molecule has 0 aliphatic heterocycles. The van der Waals surface area contributed by atoms with E-state index in [1.807, 2.05) is 6.07 Å². The van der Waals surface area contributed by atoms with E-state index in [2.05, 4.69) is 10.3 Å². The van der Waals surface area contributed by atoms with Crippen LogP contribution in [-0.2, 0) is 15.8 Å². The lowest BCUT2D eigenvalue weighted by Gasteiger charge is -2.24. The Bertz CT molecular complexity index is 867. The molecule has 0 aromatic carbocycles. The highest BCUT2D eigenvalue weighted by molar-refractivity contribution is 5.97. The van der Waals surface area contributed by atoms with Crippen LogP contribution in [0.5, 0.6) is 0 Å². The van der Waals surface area contributed by atoms with E-state index in [0.717, 1.165) is 37.8 Å². The van der Waals surface area contributed by atoms with Gasteiger partial charge in [0, 0.05) is 24.7 Å². The van der Waals surface area contributed by atoms with Crippen LogP contribution in [0.4, 0.5) is 13.2 Å². The minimum Gasteiger partial charge on any atom is -0.349 e. The molecule has 3 rings (SSSR count). The zero-order valence-corrected chi connectivity index (χ0v) is 17.1. The normalized spacial score (nSPS) is 21.2. The highest BCUT2D eigenvalue weighted by Gasteiger charge is 2.35. The lowest BCUT2D eigenvalue weighted by atomic mass is 9.83. The van der Waals surface area contributed by atoms with Crippen LogP contribution in [0.3, 0.4) is 0 Å². The number of aromatic nitrogens is 1. The quantitative estimate of drug-likeness (QED) is 0.566. The van der Waals surface area contributed by atoms with Gasteiger partial charge in [0.25, 0.3) is 0 Å². The number of carbonyl (C=O) groups is 3. The van der Waals surface area contributed by atoms with Gasteiger partial charge in [0.15, 0.2) is 5.78 Å². The predicted octanol–water partition coefficient (Wildman–Crippen LogP) is 4.18. The average molecular weight is 437 g/mol. The number of nitrogens with zero attached hydrogens (tertiary/aromatic N) is 1. The molecule has 3 atom stereocenters. The Kier molecular flexibility index (Phi) is 7.19. The molecule has 2 saturated carbocycles. The summed E-state index contributed by atoms with van der Waals surface area (Å²) >= 11 is 0. The van der Waals surface area contributed by atoms with Crippen molar-refractivity contribution in [3.8, 4) is 6.07 Å². The fraction of sp³-hybridized carbons (Fsp3) is 0.636. The maximum Gasteiger partial charge on any atom is 0.431 e. The monoisotopic (exact) mass is 437 g/mol. The topological polar surface area (TPSA) is 103 Å². The molecule has 31 heavy (non-hydrogen) atoms. The number of H-pyrrole nitrogens is 1. The summed E-state index contributed by atoms with van der Waals surface area (Å²) in [5, 5.41) is 12.1. The van der Waals surface area contributed by atoms with E-state index >= 15 is 0 Å². The number of aromatic amines is 1. The Morgan fingerprint density at radius 3 is 2.52 bits per heavy atom. The summed E-state index contributed by atoms with van der Waals surface area (Å²) < 4.78 is 38.3. The first-order valence-electron chi connectivity index (χ1n) is 10.7. The first kappa shape index (κ1) is 23.0. The SMILES string of the molecule is N#CC(CC1CCCCC1=O)NC(=O)C(CC(=O)c1ccc(C(F)(F)F)[nH]1)CC1CC1. The molecule has 168 valence electrons. The lowest BCUT2D eigenvalue weighted by molar-refractivity contribution is -0.140. The van der Waals surface area contributed by atoms with Crippen LogP contribution in [0, 0.1) is 29.1 Å². The molecule has 9 heteroatoms. The maximum absolute atomic E-state index is 12.8. The Morgan fingerprint density at radius 1 is 1.19 bits per heavy atom. The number of hydrogen-bond acceptors (Lipinski definition) is 4. The molecule has 6 nitrogen and oxygen atoms in total. The number of ketones is 2. The molecule has 1 heterocycles. The summed E-state index contributed by atoms with van der Waals surface area (Å²) in [4.78, 5) is 39.5. The summed E-state index contributed by atoms with van der Waals surface area (Å²) in [6, 6.07) is 3.07. The van der Waals surface area contributed by atoms with E-state index in [9.17, 15) is 32.8 Å². The number of amides is 1. The van der Waals surface area contributed by atoms with E-state index in [1.165, 1.54) is 0 Å². The number of hydrogen-bond donors (Lipinski definition) is 2. The molecule has 0 radical (unpaired) electrons. The molecule has 2 aliphatic rings. The number of halogens is 3. The molecule has 1 aromatic rings. The van der Waals surface area contributed by atoms with Gasteiger partial charge in [-0.15, -0.1) is 0 Å². The van der Waals surface area contributed by atoms with Gasteiger partial charge >= 0.3 is 6.18 Å². The van der Waals surface area contributed by atoms with Crippen molar-refractivity contribution >= 4 is 17.5 Å². The van der Waals surface area contributed by atoms with Crippen molar-refractivity contribution in [1.29, 1.82) is 5.26 Å². The van der Waals surface area contributed by atoms with Crippen LogP contribution in [0.2, 0.25) is 0 Å². The third-order valence-electron chi connectivity index (χ3n) is 6.08. The van der Waals surface area contributed by atoms with Crippen LogP contribution >= 0.6 is 0 Å². The molecule has 3 unspecified atom stereocenters. The van der Waals surface area contributed by atoms with Crippen molar-refractivity contribution < 1.29 is 27.6 Å². The van der Waals surface area contributed by atoms with E-state index < -0.39 is 35.5 Å². The third-order valence-corrected chi connectivity index (χ3v) is 6.08. The molecule has 0 bridgehead atoms. The molecule has 0 saturated heterocycles. The van der Waals surface area contributed by atoms with Crippen molar-refractivity contribution in [1.82, 2.24) is 10.3 Å². The van der Waals surface area contributed by atoms with Crippen molar-refractivity contribution in [2.24, 2.45) is 17.8 Å². The first-order valence-corrected chi connectivity index (χ1v) is 10.7. The van der Waals surface area contributed by atoms with Gasteiger partial charge in [-0.3, -0.25) is 14.4 Å². The third kappa shape index (κ3) is 6.42. The van der Waals surface area contributed by atoms with E-state index in [0.29, 0.717) is 25.2 Å². The van der Waals surface area contributed by atoms with Crippen LogP contribution in [0.1, 0.15) is 74.0 Å². The van der Waals surface area contributed by atoms with Gasteiger partial charge in [0.1, 0.15) is 17.5 Å². The zero-order chi connectivity index (χ0) is 22.6. The fourth-order valence-electron chi connectivity index (χ4n) is 4.12. The van der Waals surface area contributed by atoms with E-state index in [-0.39, 0.29) is 30.2 Å². The summed E-state index contributed by atoms with van der Waals surface area (Å²) in [6.07, 6.45) is 0.712. The number of nitriles is 1. The Labute approximate surface area is 178 Å². The maximum atomic E-state index is 12.8. The highest BCUT2D eigenvalue weighted by atomic mass is 19.4. The van der Waals surface area contributed by atoms with E-state index in [1.54, 1.807) is 0 Å². The standard InChI is InChI=1S/C22H26F3N3O3/c23-22(24,25)20-8-7-17(28-20)19(30)11-15(9-13-5-6-13)21(31)27-16(12-26)10-14-3-1-2-4-18(14)29/h7-8,13-16,28H,1-6,9-11H2,(H,27,31). The van der Waals surface area contributed by atoms with Gasteiger partial charge in [-0.25, -0.2) is 0 Å². The Balaban J connectivity index is 1.63. The number of Topliss-reactive ketones (excluding diaryl/α,β-unsaturated/α-hetero) is 2. The molecule has 1 aromatic heterocycles. The van der Waals surface area contributed by atoms with Crippen molar-refractivity contribution in [3.05, 3.63) is 23.5 Å². The van der Waals surface area contributed by atoms with Crippen molar-refractivity contribution in [2.45, 2.75) is 70.0 Å². The van der Waals surface area contributed by atoms with E-state index in [4.69, 9.17) is 0 Å². The molecular formula is C22H26F3N3O3. The average Bonchev–Trinajstić information content (AvgIpc) is 3.37. The number of carbonyl (C=O) groups excluding carboxylic acids is 3. The molecule has 2 fully saturated rings. The number of alkyl halides is 3. The fourth-order valence-corrected chi connectivity index (χ4v) is 4.12. The summed E-state index contributed by atoms with van der Waals surface area (Å²) in [5.41, 5.74) is -1.20. The highest BCUT2D eigenvalue weighted by Crippen LogP contribution is 2.37. The van der Waals surface area contributed by atoms with Gasteiger partial charge in [0.05, 0.1) is 11.8 Å². The van der Waals surface area contributed by atoms with Crippen LogP contribution in [0.15, 0.2) is 12.1 Å². The molecule has 1 amide bonds. The van der Waals surface area contributed by atoms with Crippen molar-refractivity contribution in [3.63, 3.8) is 0 Å². The number of rotatable bonds is 9. The largest absolute Gasteiger partial charge is 0.431 e. The summed E-state index contributed by atoms with van der Waals surface area (Å²) in [5.74, 6) is -1.60. The van der Waals surface area contributed by atoms with Crippen molar-refractivity contribution in [2.75, 3.05) is 0 Å². The minimum atomic E-state index is -4.58. The predicted molar refractivity (Wildman–Crippen MR) is 105 cm³/mol.